The van der Waals surface area contributed by atoms with Gasteiger partial charge in [0.2, 0.25) is 0 Å². The normalized spacial score (nSPS) is 40.7. The van der Waals surface area contributed by atoms with Crippen LogP contribution in [-0.4, -0.2) is 18.3 Å². The smallest absolute Gasteiger partial charge is 0.0474 e. The van der Waals surface area contributed by atoms with Crippen LogP contribution < -0.4 is 5.73 Å². The molecule has 4 atom stereocenters. The zero-order valence-corrected chi connectivity index (χ0v) is 7.32. The highest BCUT2D eigenvalue weighted by Gasteiger charge is 2.38. The van der Waals surface area contributed by atoms with Gasteiger partial charge in [-0.25, -0.2) is 0 Å². The van der Waals surface area contributed by atoms with Crippen LogP contribution in [0.3, 0.4) is 0 Å². The molecular formula is C10H17NO. The maximum absolute atomic E-state index is 9.11. The first-order valence-corrected chi connectivity index (χ1v) is 4.84. The molecule has 2 heteroatoms. The van der Waals surface area contributed by atoms with Crippen molar-refractivity contribution in [3.05, 3.63) is 12.2 Å². The molecule has 0 aliphatic heterocycles. The summed E-state index contributed by atoms with van der Waals surface area (Å²) in [7, 11) is 0. The van der Waals surface area contributed by atoms with Crippen LogP contribution >= 0.6 is 0 Å². The van der Waals surface area contributed by atoms with Crippen LogP contribution in [0.1, 0.15) is 12.8 Å². The highest BCUT2D eigenvalue weighted by Crippen LogP contribution is 2.46. The average Bonchev–Trinajstić information content (AvgIpc) is 2.67. The SMILES string of the molecule is NCC(CO)C1CC2C=CC1C2. The van der Waals surface area contributed by atoms with Gasteiger partial charge in [-0.3, -0.25) is 0 Å². The maximum Gasteiger partial charge on any atom is 0.0474 e. The molecule has 1 fully saturated rings. The Labute approximate surface area is 73.5 Å². The highest BCUT2D eigenvalue weighted by atomic mass is 16.3. The van der Waals surface area contributed by atoms with Gasteiger partial charge in [0.25, 0.3) is 0 Å². The summed E-state index contributed by atoms with van der Waals surface area (Å²) < 4.78 is 0. The summed E-state index contributed by atoms with van der Waals surface area (Å²) in [6.45, 7) is 0.899. The molecule has 0 aromatic carbocycles. The molecule has 2 rings (SSSR count). The lowest BCUT2D eigenvalue weighted by atomic mass is 9.82. The number of aliphatic hydroxyl groups excluding tert-OH is 1. The fourth-order valence-electron chi connectivity index (χ4n) is 2.75. The Hall–Kier alpha value is -0.340. The molecule has 2 aliphatic rings. The van der Waals surface area contributed by atoms with E-state index in [-0.39, 0.29) is 6.61 Å². The van der Waals surface area contributed by atoms with Crippen molar-refractivity contribution in [1.82, 2.24) is 0 Å². The Bertz CT molecular complexity index is 186. The third-order valence-electron chi connectivity index (χ3n) is 3.47. The Balaban J connectivity index is 2.01. The molecule has 0 radical (unpaired) electrons. The highest BCUT2D eigenvalue weighted by molar-refractivity contribution is 5.11. The largest absolute Gasteiger partial charge is 0.396 e. The average molecular weight is 167 g/mol. The zero-order valence-electron chi connectivity index (χ0n) is 7.32. The Morgan fingerprint density at radius 3 is 2.67 bits per heavy atom. The standard InChI is InChI=1S/C10H17NO/c11-5-9(6-12)10-4-7-1-2-8(10)3-7/h1-2,7-10,12H,3-6,11H2. The Kier molecular flexibility index (Phi) is 2.20. The van der Waals surface area contributed by atoms with Crippen molar-refractivity contribution in [2.24, 2.45) is 29.4 Å². The molecule has 0 heterocycles. The van der Waals surface area contributed by atoms with E-state index < -0.39 is 0 Å². The van der Waals surface area contributed by atoms with Gasteiger partial charge in [0, 0.05) is 6.61 Å². The number of hydrogen-bond acceptors (Lipinski definition) is 2. The van der Waals surface area contributed by atoms with E-state index >= 15 is 0 Å². The number of aliphatic hydroxyl groups is 1. The van der Waals surface area contributed by atoms with Gasteiger partial charge in [0.1, 0.15) is 0 Å². The van der Waals surface area contributed by atoms with Crippen molar-refractivity contribution >= 4 is 0 Å². The van der Waals surface area contributed by atoms with Crippen molar-refractivity contribution in [2.45, 2.75) is 12.8 Å². The Morgan fingerprint density at radius 2 is 2.25 bits per heavy atom. The van der Waals surface area contributed by atoms with Gasteiger partial charge in [0.15, 0.2) is 0 Å². The minimum absolute atomic E-state index is 0.262. The van der Waals surface area contributed by atoms with Crippen LogP contribution in [0.5, 0.6) is 0 Å². The van der Waals surface area contributed by atoms with Crippen LogP contribution in [-0.2, 0) is 0 Å². The summed E-state index contributed by atoms with van der Waals surface area (Å²) in [5, 5.41) is 9.11. The molecular weight excluding hydrogens is 150 g/mol. The summed E-state index contributed by atoms with van der Waals surface area (Å²) in [5.41, 5.74) is 5.61. The lowest BCUT2D eigenvalue weighted by Gasteiger charge is -2.25. The van der Waals surface area contributed by atoms with Gasteiger partial charge in [-0.15, -0.1) is 0 Å². The topological polar surface area (TPSA) is 46.2 Å². The lowest BCUT2D eigenvalue weighted by Crippen LogP contribution is -2.29. The molecule has 4 unspecified atom stereocenters. The fraction of sp³-hybridized carbons (Fsp3) is 0.800. The van der Waals surface area contributed by atoms with Gasteiger partial charge in [-0.1, -0.05) is 12.2 Å². The van der Waals surface area contributed by atoms with Gasteiger partial charge in [-0.05, 0) is 43.1 Å². The second kappa shape index (κ2) is 3.19. The van der Waals surface area contributed by atoms with Crippen LogP contribution in [0.25, 0.3) is 0 Å². The molecule has 2 nitrogen and oxygen atoms in total. The van der Waals surface area contributed by atoms with E-state index in [0.29, 0.717) is 18.4 Å². The first-order chi connectivity index (χ1) is 5.85. The first-order valence-electron chi connectivity index (χ1n) is 4.84. The van der Waals surface area contributed by atoms with Crippen molar-refractivity contribution in [1.29, 1.82) is 0 Å². The summed E-state index contributed by atoms with van der Waals surface area (Å²) in [4.78, 5) is 0. The molecule has 68 valence electrons. The first kappa shape index (κ1) is 8.27. The van der Waals surface area contributed by atoms with E-state index in [0.717, 1.165) is 11.8 Å². The number of rotatable bonds is 3. The zero-order chi connectivity index (χ0) is 8.55. The fourth-order valence-corrected chi connectivity index (χ4v) is 2.75. The third-order valence-corrected chi connectivity index (χ3v) is 3.47. The predicted molar refractivity (Wildman–Crippen MR) is 48.5 cm³/mol. The molecule has 0 saturated heterocycles. The maximum atomic E-state index is 9.11. The van der Waals surface area contributed by atoms with E-state index in [1.807, 2.05) is 0 Å². The molecule has 0 spiro atoms. The van der Waals surface area contributed by atoms with Crippen LogP contribution in [0, 0.1) is 23.7 Å². The van der Waals surface area contributed by atoms with E-state index in [1.165, 1.54) is 12.8 Å². The van der Waals surface area contributed by atoms with Crippen molar-refractivity contribution in [3.63, 3.8) is 0 Å². The van der Waals surface area contributed by atoms with Crippen LogP contribution in [0.4, 0.5) is 0 Å². The van der Waals surface area contributed by atoms with E-state index in [4.69, 9.17) is 10.8 Å². The molecule has 12 heavy (non-hydrogen) atoms. The molecule has 0 aromatic heterocycles. The molecule has 2 bridgehead atoms. The number of allylic oxidation sites excluding steroid dienone is 2. The van der Waals surface area contributed by atoms with Crippen molar-refractivity contribution in [3.8, 4) is 0 Å². The molecule has 0 amide bonds. The molecule has 0 aromatic rings. The summed E-state index contributed by atoms with van der Waals surface area (Å²) in [6, 6.07) is 0. The van der Waals surface area contributed by atoms with Gasteiger partial charge in [0.05, 0.1) is 0 Å². The predicted octanol–water partition coefficient (Wildman–Crippen LogP) is 0.766. The molecule has 3 N–H and O–H groups in total. The number of fused-ring (bicyclic) bond motifs is 2. The van der Waals surface area contributed by atoms with Crippen LogP contribution in [0.15, 0.2) is 12.2 Å². The quantitative estimate of drug-likeness (QED) is 0.610. The minimum Gasteiger partial charge on any atom is -0.396 e. The van der Waals surface area contributed by atoms with Gasteiger partial charge < -0.3 is 10.8 Å². The van der Waals surface area contributed by atoms with E-state index in [1.54, 1.807) is 0 Å². The van der Waals surface area contributed by atoms with E-state index in [9.17, 15) is 0 Å². The third kappa shape index (κ3) is 1.19. The number of hydrogen-bond donors (Lipinski definition) is 2. The van der Waals surface area contributed by atoms with E-state index in [2.05, 4.69) is 12.2 Å². The van der Waals surface area contributed by atoms with Crippen LogP contribution in [0.2, 0.25) is 0 Å². The summed E-state index contributed by atoms with van der Waals surface area (Å²) in [6.07, 6.45) is 7.20. The van der Waals surface area contributed by atoms with Crippen molar-refractivity contribution in [2.75, 3.05) is 13.2 Å². The monoisotopic (exact) mass is 167 g/mol. The van der Waals surface area contributed by atoms with Crippen molar-refractivity contribution < 1.29 is 5.11 Å². The lowest BCUT2D eigenvalue weighted by molar-refractivity contribution is 0.164. The minimum atomic E-state index is 0.262. The van der Waals surface area contributed by atoms with Gasteiger partial charge in [-0.2, -0.15) is 0 Å². The Morgan fingerprint density at radius 1 is 1.42 bits per heavy atom. The molecule has 2 aliphatic carbocycles. The second-order valence-corrected chi connectivity index (χ2v) is 4.12. The second-order valence-electron chi connectivity index (χ2n) is 4.12. The number of nitrogens with two attached hydrogens (primary N) is 1. The van der Waals surface area contributed by atoms with Gasteiger partial charge >= 0.3 is 0 Å². The summed E-state index contributed by atoms with van der Waals surface area (Å²) in [5.74, 6) is 2.51. The summed E-state index contributed by atoms with van der Waals surface area (Å²) >= 11 is 0. The molecule has 1 saturated carbocycles.